The van der Waals surface area contributed by atoms with E-state index in [1.54, 1.807) is 0 Å². The lowest BCUT2D eigenvalue weighted by atomic mass is 10.1. The van der Waals surface area contributed by atoms with Gasteiger partial charge in [0.05, 0.1) is 0 Å². The second-order valence-corrected chi connectivity index (χ2v) is 5.65. The van der Waals surface area contributed by atoms with E-state index < -0.39 is 0 Å². The van der Waals surface area contributed by atoms with Crippen molar-refractivity contribution in [3.8, 4) is 0 Å². The van der Waals surface area contributed by atoms with Crippen molar-refractivity contribution in [3.63, 3.8) is 0 Å². The molecule has 0 aromatic heterocycles. The van der Waals surface area contributed by atoms with Crippen LogP contribution in [0.2, 0.25) is 0 Å². The van der Waals surface area contributed by atoms with E-state index in [0.717, 1.165) is 5.92 Å². The number of nitrogens with one attached hydrogen (secondary N) is 2. The summed E-state index contributed by atoms with van der Waals surface area (Å²) in [6, 6.07) is 0. The number of unbranched alkanes of at least 4 members (excludes halogenated alkanes) is 1. The van der Waals surface area contributed by atoms with Crippen LogP contribution in [0.15, 0.2) is 0 Å². The van der Waals surface area contributed by atoms with E-state index in [1.807, 2.05) is 0 Å². The standard InChI is InChI=1S/C14H29N3/c1-2-6-14(5-1)13-16-7-3-4-10-17-11-8-15-9-12-17/h14-16H,1-13H2. The van der Waals surface area contributed by atoms with Crippen LogP contribution in [0.5, 0.6) is 0 Å². The largest absolute Gasteiger partial charge is 0.316 e. The first-order valence-corrected chi connectivity index (χ1v) is 7.59. The molecule has 1 aliphatic heterocycles. The molecule has 0 aromatic carbocycles. The maximum absolute atomic E-state index is 3.63. The third-order valence-electron chi connectivity index (χ3n) is 4.20. The van der Waals surface area contributed by atoms with Crippen molar-refractivity contribution < 1.29 is 0 Å². The highest BCUT2D eigenvalue weighted by molar-refractivity contribution is 4.70. The molecule has 0 unspecified atom stereocenters. The molecule has 1 saturated carbocycles. The van der Waals surface area contributed by atoms with Gasteiger partial charge in [-0.05, 0) is 51.2 Å². The molecule has 1 aliphatic carbocycles. The molecule has 0 spiro atoms. The van der Waals surface area contributed by atoms with Crippen LogP contribution in [0.25, 0.3) is 0 Å². The normalized spacial score (nSPS) is 23.3. The fourth-order valence-corrected chi connectivity index (χ4v) is 3.04. The molecule has 3 heteroatoms. The van der Waals surface area contributed by atoms with Crippen molar-refractivity contribution in [2.75, 3.05) is 45.8 Å². The molecule has 2 N–H and O–H groups in total. The second-order valence-electron chi connectivity index (χ2n) is 5.65. The van der Waals surface area contributed by atoms with Crippen LogP contribution < -0.4 is 10.6 Å². The Morgan fingerprint density at radius 1 is 1.06 bits per heavy atom. The fraction of sp³-hybridized carbons (Fsp3) is 1.00. The molecule has 1 saturated heterocycles. The van der Waals surface area contributed by atoms with Crippen LogP contribution in [0, 0.1) is 5.92 Å². The van der Waals surface area contributed by atoms with Gasteiger partial charge >= 0.3 is 0 Å². The van der Waals surface area contributed by atoms with Gasteiger partial charge in [0.15, 0.2) is 0 Å². The van der Waals surface area contributed by atoms with Crippen molar-refractivity contribution >= 4 is 0 Å². The predicted molar refractivity (Wildman–Crippen MR) is 73.4 cm³/mol. The Hall–Kier alpha value is -0.120. The highest BCUT2D eigenvalue weighted by Gasteiger charge is 2.13. The minimum absolute atomic E-state index is 0.989. The van der Waals surface area contributed by atoms with Crippen molar-refractivity contribution in [1.29, 1.82) is 0 Å². The van der Waals surface area contributed by atoms with Gasteiger partial charge in [-0.2, -0.15) is 0 Å². The van der Waals surface area contributed by atoms with E-state index >= 15 is 0 Å². The van der Waals surface area contributed by atoms with Crippen molar-refractivity contribution in [2.24, 2.45) is 5.92 Å². The molecular weight excluding hydrogens is 210 g/mol. The Balaban J connectivity index is 1.38. The van der Waals surface area contributed by atoms with Crippen LogP contribution in [-0.2, 0) is 0 Å². The highest BCUT2D eigenvalue weighted by Crippen LogP contribution is 2.23. The summed E-state index contributed by atoms with van der Waals surface area (Å²) in [5.41, 5.74) is 0. The van der Waals surface area contributed by atoms with Crippen molar-refractivity contribution in [3.05, 3.63) is 0 Å². The molecule has 0 amide bonds. The zero-order valence-corrected chi connectivity index (χ0v) is 11.2. The van der Waals surface area contributed by atoms with Gasteiger partial charge in [0.1, 0.15) is 0 Å². The quantitative estimate of drug-likeness (QED) is 0.659. The first-order valence-electron chi connectivity index (χ1n) is 7.59. The van der Waals surface area contributed by atoms with Gasteiger partial charge in [0.25, 0.3) is 0 Å². The van der Waals surface area contributed by atoms with Gasteiger partial charge in [-0.3, -0.25) is 0 Å². The van der Waals surface area contributed by atoms with Crippen LogP contribution in [-0.4, -0.2) is 50.7 Å². The molecule has 2 aliphatic rings. The zero-order valence-electron chi connectivity index (χ0n) is 11.2. The third kappa shape index (κ3) is 5.36. The Kier molecular flexibility index (Phi) is 6.32. The zero-order chi connectivity index (χ0) is 11.8. The summed E-state index contributed by atoms with van der Waals surface area (Å²) in [6.07, 6.45) is 8.57. The van der Waals surface area contributed by atoms with Gasteiger partial charge in [0, 0.05) is 26.2 Å². The number of nitrogens with zero attached hydrogens (tertiary/aromatic N) is 1. The smallest absolute Gasteiger partial charge is 0.0107 e. The minimum atomic E-state index is 0.989. The summed E-state index contributed by atoms with van der Waals surface area (Å²) in [7, 11) is 0. The van der Waals surface area contributed by atoms with Gasteiger partial charge in [-0.1, -0.05) is 12.8 Å². The average molecular weight is 239 g/mol. The van der Waals surface area contributed by atoms with Crippen LogP contribution in [0.1, 0.15) is 38.5 Å². The summed E-state index contributed by atoms with van der Waals surface area (Å²) >= 11 is 0. The second kappa shape index (κ2) is 8.06. The van der Waals surface area contributed by atoms with E-state index in [4.69, 9.17) is 0 Å². The fourth-order valence-electron chi connectivity index (χ4n) is 3.04. The molecule has 3 nitrogen and oxygen atoms in total. The molecule has 0 radical (unpaired) electrons. The van der Waals surface area contributed by atoms with Gasteiger partial charge in [-0.15, -0.1) is 0 Å². The highest BCUT2D eigenvalue weighted by atomic mass is 15.2. The molecule has 17 heavy (non-hydrogen) atoms. The van der Waals surface area contributed by atoms with Crippen molar-refractivity contribution in [1.82, 2.24) is 15.5 Å². The summed E-state index contributed by atoms with van der Waals surface area (Å²) in [4.78, 5) is 2.59. The van der Waals surface area contributed by atoms with E-state index in [2.05, 4.69) is 15.5 Å². The maximum Gasteiger partial charge on any atom is 0.0107 e. The molecule has 2 fully saturated rings. The molecule has 100 valence electrons. The Morgan fingerprint density at radius 3 is 2.59 bits per heavy atom. The number of hydrogen-bond acceptors (Lipinski definition) is 3. The average Bonchev–Trinajstić information content (AvgIpc) is 2.88. The van der Waals surface area contributed by atoms with Gasteiger partial charge in [0.2, 0.25) is 0 Å². The van der Waals surface area contributed by atoms with Gasteiger partial charge in [-0.25, -0.2) is 0 Å². The first-order chi connectivity index (χ1) is 8.45. The van der Waals surface area contributed by atoms with E-state index in [0.29, 0.717) is 0 Å². The molecule has 2 rings (SSSR count). The van der Waals surface area contributed by atoms with Crippen LogP contribution >= 0.6 is 0 Å². The summed E-state index contributed by atoms with van der Waals surface area (Å²) < 4.78 is 0. The van der Waals surface area contributed by atoms with E-state index in [1.165, 1.54) is 84.3 Å². The number of hydrogen-bond donors (Lipinski definition) is 2. The number of rotatable bonds is 7. The summed E-state index contributed by atoms with van der Waals surface area (Å²) in [6.45, 7) is 8.65. The Bertz CT molecular complexity index is 184. The van der Waals surface area contributed by atoms with E-state index in [9.17, 15) is 0 Å². The Morgan fingerprint density at radius 2 is 1.82 bits per heavy atom. The molecule has 0 bridgehead atoms. The first kappa shape index (κ1) is 13.3. The lowest BCUT2D eigenvalue weighted by Crippen LogP contribution is -2.43. The molecule has 1 heterocycles. The monoisotopic (exact) mass is 239 g/mol. The molecular formula is C14H29N3. The third-order valence-corrected chi connectivity index (χ3v) is 4.20. The Labute approximate surface area is 106 Å². The SMILES string of the molecule is C(CCN1CCNCC1)CNCC1CCCC1. The predicted octanol–water partition coefficient (Wildman–Crippen LogP) is 1.45. The summed E-state index contributed by atoms with van der Waals surface area (Å²) in [5, 5.41) is 7.04. The summed E-state index contributed by atoms with van der Waals surface area (Å²) in [5.74, 6) is 0.989. The maximum atomic E-state index is 3.63. The van der Waals surface area contributed by atoms with Gasteiger partial charge < -0.3 is 15.5 Å². The van der Waals surface area contributed by atoms with E-state index in [-0.39, 0.29) is 0 Å². The van der Waals surface area contributed by atoms with Crippen LogP contribution in [0.4, 0.5) is 0 Å². The topological polar surface area (TPSA) is 27.3 Å². The lowest BCUT2D eigenvalue weighted by Gasteiger charge is -2.27. The molecule has 0 atom stereocenters. The van der Waals surface area contributed by atoms with Crippen molar-refractivity contribution in [2.45, 2.75) is 38.5 Å². The lowest BCUT2D eigenvalue weighted by molar-refractivity contribution is 0.236. The molecule has 0 aromatic rings. The minimum Gasteiger partial charge on any atom is -0.316 e. The number of piperazine rings is 1. The van der Waals surface area contributed by atoms with Crippen LogP contribution in [0.3, 0.4) is 0 Å².